The highest BCUT2D eigenvalue weighted by Crippen LogP contribution is 2.29. The molecule has 0 atom stereocenters. The summed E-state index contributed by atoms with van der Waals surface area (Å²) in [6, 6.07) is 8.65. The zero-order valence-corrected chi connectivity index (χ0v) is 12.2. The van der Waals surface area contributed by atoms with E-state index >= 15 is 0 Å². The first kappa shape index (κ1) is 16.0. The van der Waals surface area contributed by atoms with Crippen LogP contribution in [0.1, 0.15) is 28.8 Å². The van der Waals surface area contributed by atoms with Gasteiger partial charge in [0, 0.05) is 19.8 Å². The van der Waals surface area contributed by atoms with Gasteiger partial charge in [0.25, 0.3) is 0 Å². The maximum absolute atomic E-state index is 12.2. The predicted molar refractivity (Wildman–Crippen MR) is 78.2 cm³/mol. The first-order valence-electron chi connectivity index (χ1n) is 7.17. The second kappa shape index (κ2) is 7.05. The van der Waals surface area contributed by atoms with Gasteiger partial charge in [-0.25, -0.2) is 4.79 Å². The summed E-state index contributed by atoms with van der Waals surface area (Å²) in [6.45, 7) is 1.27. The van der Waals surface area contributed by atoms with E-state index in [9.17, 15) is 14.9 Å². The van der Waals surface area contributed by atoms with E-state index in [-0.39, 0.29) is 11.5 Å². The number of nitrogens with zero attached hydrogens (tertiary/aromatic N) is 1. The summed E-state index contributed by atoms with van der Waals surface area (Å²) in [6.07, 6.45) is 1.43. The number of benzene rings is 1. The van der Waals surface area contributed by atoms with Crippen molar-refractivity contribution in [3.63, 3.8) is 0 Å². The molecule has 22 heavy (non-hydrogen) atoms. The van der Waals surface area contributed by atoms with E-state index < -0.39 is 11.4 Å². The maximum Gasteiger partial charge on any atom is 0.335 e. The van der Waals surface area contributed by atoms with Crippen molar-refractivity contribution in [2.24, 2.45) is 5.41 Å². The fraction of sp³-hybridized carbons (Fsp3) is 0.438. The number of carbonyl (C=O) groups excluding carboxylic acids is 1. The lowest BCUT2D eigenvalue weighted by Crippen LogP contribution is -2.44. The van der Waals surface area contributed by atoms with E-state index in [0.29, 0.717) is 39.0 Å². The van der Waals surface area contributed by atoms with Crippen molar-refractivity contribution in [3.8, 4) is 6.07 Å². The van der Waals surface area contributed by atoms with E-state index in [2.05, 4.69) is 11.4 Å². The van der Waals surface area contributed by atoms with Crippen LogP contribution in [0.3, 0.4) is 0 Å². The molecule has 1 aromatic rings. The Balaban J connectivity index is 1.86. The van der Waals surface area contributed by atoms with E-state index in [0.717, 1.165) is 5.56 Å². The molecule has 2 rings (SSSR count). The molecular weight excluding hydrogens is 284 g/mol. The average molecular weight is 302 g/mol. The number of ether oxygens (including phenoxy) is 1. The molecule has 0 aliphatic carbocycles. The largest absolute Gasteiger partial charge is 0.478 e. The summed E-state index contributed by atoms with van der Waals surface area (Å²) in [7, 11) is 0. The lowest BCUT2D eigenvalue weighted by Gasteiger charge is -2.29. The van der Waals surface area contributed by atoms with Crippen LogP contribution in [-0.4, -0.2) is 36.7 Å². The molecular formula is C16H18N2O4. The minimum absolute atomic E-state index is 0.235. The van der Waals surface area contributed by atoms with Crippen LogP contribution in [-0.2, 0) is 16.0 Å². The Morgan fingerprint density at radius 3 is 2.45 bits per heavy atom. The fourth-order valence-corrected chi connectivity index (χ4v) is 2.41. The van der Waals surface area contributed by atoms with Crippen molar-refractivity contribution < 1.29 is 19.4 Å². The summed E-state index contributed by atoms with van der Waals surface area (Å²) >= 11 is 0. The van der Waals surface area contributed by atoms with Gasteiger partial charge in [-0.05, 0) is 37.0 Å². The Hall–Kier alpha value is -2.39. The van der Waals surface area contributed by atoms with Crippen LogP contribution in [0.5, 0.6) is 0 Å². The molecule has 0 radical (unpaired) electrons. The number of amides is 1. The number of hydrogen-bond acceptors (Lipinski definition) is 4. The van der Waals surface area contributed by atoms with Gasteiger partial charge in [0.1, 0.15) is 5.41 Å². The van der Waals surface area contributed by atoms with Crippen molar-refractivity contribution in [2.75, 3.05) is 19.8 Å². The molecule has 6 nitrogen and oxygen atoms in total. The smallest absolute Gasteiger partial charge is 0.335 e. The molecule has 6 heteroatoms. The predicted octanol–water partition coefficient (Wildman–Crippen LogP) is 1.36. The van der Waals surface area contributed by atoms with Crippen LogP contribution in [0.25, 0.3) is 0 Å². The van der Waals surface area contributed by atoms with Gasteiger partial charge in [-0.3, -0.25) is 4.79 Å². The summed E-state index contributed by atoms with van der Waals surface area (Å²) in [5.74, 6) is -1.21. The fourth-order valence-electron chi connectivity index (χ4n) is 2.41. The Kier molecular flexibility index (Phi) is 5.12. The van der Waals surface area contributed by atoms with Gasteiger partial charge < -0.3 is 15.2 Å². The zero-order chi connectivity index (χ0) is 16.0. The van der Waals surface area contributed by atoms with E-state index in [1.54, 1.807) is 12.1 Å². The maximum atomic E-state index is 12.2. The van der Waals surface area contributed by atoms with Gasteiger partial charge in [-0.1, -0.05) is 12.1 Å². The molecule has 0 unspecified atom stereocenters. The van der Waals surface area contributed by atoms with Crippen molar-refractivity contribution in [3.05, 3.63) is 35.4 Å². The van der Waals surface area contributed by atoms with Gasteiger partial charge in [0.15, 0.2) is 0 Å². The number of carbonyl (C=O) groups is 2. The van der Waals surface area contributed by atoms with E-state index in [1.165, 1.54) is 12.1 Å². The molecule has 0 saturated carbocycles. The first-order valence-corrected chi connectivity index (χ1v) is 7.17. The number of carboxylic acids is 1. The molecule has 116 valence electrons. The highest BCUT2D eigenvalue weighted by atomic mass is 16.5. The molecule has 1 saturated heterocycles. The number of nitrogens with one attached hydrogen (secondary N) is 1. The summed E-state index contributed by atoms with van der Waals surface area (Å²) in [5, 5.41) is 20.9. The molecule has 2 N–H and O–H groups in total. The molecule has 1 heterocycles. The van der Waals surface area contributed by atoms with Gasteiger partial charge in [0.05, 0.1) is 11.6 Å². The zero-order valence-electron chi connectivity index (χ0n) is 12.2. The highest BCUT2D eigenvalue weighted by molar-refractivity contribution is 5.87. The summed E-state index contributed by atoms with van der Waals surface area (Å²) < 4.78 is 5.20. The molecule has 0 bridgehead atoms. The Labute approximate surface area is 128 Å². The van der Waals surface area contributed by atoms with Crippen molar-refractivity contribution >= 4 is 11.9 Å². The normalized spacial score (nSPS) is 16.5. The van der Waals surface area contributed by atoms with Gasteiger partial charge in [0.2, 0.25) is 5.91 Å². The van der Waals surface area contributed by atoms with Crippen LogP contribution in [0.2, 0.25) is 0 Å². The van der Waals surface area contributed by atoms with Crippen molar-refractivity contribution in [1.82, 2.24) is 5.32 Å². The summed E-state index contributed by atoms with van der Waals surface area (Å²) in [5.41, 5.74) is 0.188. The third kappa shape index (κ3) is 3.62. The van der Waals surface area contributed by atoms with Crippen LogP contribution >= 0.6 is 0 Å². The minimum atomic E-state index is -0.981. The van der Waals surface area contributed by atoms with Crippen LogP contribution in [0.15, 0.2) is 24.3 Å². The first-order chi connectivity index (χ1) is 10.6. The second-order valence-electron chi connectivity index (χ2n) is 5.31. The lowest BCUT2D eigenvalue weighted by molar-refractivity contribution is -0.132. The number of rotatable bonds is 5. The highest BCUT2D eigenvalue weighted by Gasteiger charge is 2.40. The van der Waals surface area contributed by atoms with Crippen LogP contribution in [0, 0.1) is 16.7 Å². The van der Waals surface area contributed by atoms with Crippen LogP contribution < -0.4 is 5.32 Å². The molecule has 0 aromatic heterocycles. The molecule has 0 spiro atoms. The monoisotopic (exact) mass is 302 g/mol. The Morgan fingerprint density at radius 1 is 1.27 bits per heavy atom. The number of hydrogen-bond donors (Lipinski definition) is 2. The minimum Gasteiger partial charge on any atom is -0.478 e. The van der Waals surface area contributed by atoms with Gasteiger partial charge in [-0.2, -0.15) is 5.26 Å². The van der Waals surface area contributed by atoms with E-state index in [4.69, 9.17) is 9.84 Å². The number of aromatic carboxylic acids is 1. The molecule has 1 amide bonds. The lowest BCUT2D eigenvalue weighted by atomic mass is 9.81. The summed E-state index contributed by atoms with van der Waals surface area (Å²) in [4.78, 5) is 23.0. The average Bonchev–Trinajstić information content (AvgIpc) is 2.55. The van der Waals surface area contributed by atoms with Crippen LogP contribution in [0.4, 0.5) is 0 Å². The Bertz CT molecular complexity index is 583. The Morgan fingerprint density at radius 2 is 1.91 bits per heavy atom. The van der Waals surface area contributed by atoms with Crippen molar-refractivity contribution in [1.29, 1.82) is 5.26 Å². The molecule has 1 aliphatic rings. The quantitative estimate of drug-likeness (QED) is 0.855. The van der Waals surface area contributed by atoms with E-state index in [1.807, 2.05) is 0 Å². The van der Waals surface area contributed by atoms with Gasteiger partial charge >= 0.3 is 5.97 Å². The molecule has 1 aromatic carbocycles. The van der Waals surface area contributed by atoms with Crippen molar-refractivity contribution in [2.45, 2.75) is 19.3 Å². The third-order valence-electron chi connectivity index (χ3n) is 3.90. The third-order valence-corrected chi connectivity index (χ3v) is 3.90. The number of nitriles is 1. The standard InChI is InChI=1S/C16H18N2O4/c17-11-16(6-9-22-10-7-16)15(21)18-8-5-12-1-3-13(4-2-12)14(19)20/h1-4H,5-10H2,(H,18,21)(H,19,20). The molecule has 1 fully saturated rings. The topological polar surface area (TPSA) is 99.4 Å². The SMILES string of the molecule is N#CC1(C(=O)NCCc2ccc(C(=O)O)cc2)CCOCC1. The molecule has 1 aliphatic heterocycles. The second-order valence-corrected chi connectivity index (χ2v) is 5.31. The number of carboxylic acid groups (broad SMARTS) is 1. The van der Waals surface area contributed by atoms with Gasteiger partial charge in [-0.15, -0.1) is 0 Å².